The van der Waals surface area contributed by atoms with Crippen LogP contribution in [0, 0.1) is 0 Å². The summed E-state index contributed by atoms with van der Waals surface area (Å²) >= 11 is 0. The average Bonchev–Trinajstić information content (AvgIpc) is 3.09. The number of nitrogens with zero attached hydrogens (tertiary/aromatic N) is 2. The lowest BCUT2D eigenvalue weighted by Crippen LogP contribution is -2.35. The second-order valence-electron chi connectivity index (χ2n) is 5.91. The number of rotatable bonds is 4. The van der Waals surface area contributed by atoms with Gasteiger partial charge in [0, 0.05) is 30.7 Å². The van der Waals surface area contributed by atoms with E-state index in [-0.39, 0.29) is 0 Å². The fraction of sp³-hybridized carbons (Fsp3) is 0.562. The molecule has 2 aromatic heterocycles. The first-order chi connectivity index (χ1) is 9.74. The van der Waals surface area contributed by atoms with Crippen molar-refractivity contribution in [3.63, 3.8) is 0 Å². The highest BCUT2D eigenvalue weighted by Crippen LogP contribution is 2.27. The van der Waals surface area contributed by atoms with Crippen LogP contribution < -0.4 is 5.32 Å². The number of furan rings is 1. The van der Waals surface area contributed by atoms with Gasteiger partial charge in [0.15, 0.2) is 0 Å². The topological polar surface area (TPSA) is 43.0 Å². The van der Waals surface area contributed by atoms with Gasteiger partial charge < -0.3 is 14.3 Å². The van der Waals surface area contributed by atoms with E-state index in [1.807, 2.05) is 24.7 Å². The molecule has 1 saturated heterocycles. The van der Waals surface area contributed by atoms with E-state index >= 15 is 0 Å². The van der Waals surface area contributed by atoms with Crippen molar-refractivity contribution < 1.29 is 4.42 Å². The molecule has 4 nitrogen and oxygen atoms in total. The van der Waals surface area contributed by atoms with Gasteiger partial charge in [-0.3, -0.25) is 0 Å². The van der Waals surface area contributed by atoms with Crippen molar-refractivity contribution in [3.8, 4) is 0 Å². The van der Waals surface area contributed by atoms with Gasteiger partial charge in [0.2, 0.25) is 0 Å². The minimum Gasteiger partial charge on any atom is -0.469 e. The van der Waals surface area contributed by atoms with Crippen LogP contribution in [-0.4, -0.2) is 15.6 Å². The molecule has 0 amide bonds. The summed E-state index contributed by atoms with van der Waals surface area (Å²) in [5.41, 5.74) is 1.30. The van der Waals surface area contributed by atoms with Crippen molar-refractivity contribution in [1.29, 1.82) is 0 Å². The Kier molecular flexibility index (Phi) is 3.92. The Morgan fingerprint density at radius 3 is 3.15 bits per heavy atom. The van der Waals surface area contributed by atoms with Gasteiger partial charge in [0.25, 0.3) is 0 Å². The van der Waals surface area contributed by atoms with Gasteiger partial charge in [-0.15, -0.1) is 0 Å². The summed E-state index contributed by atoms with van der Waals surface area (Å²) in [5.74, 6) is 1.03. The highest BCUT2D eigenvalue weighted by molar-refractivity contribution is 5.10. The van der Waals surface area contributed by atoms with Crippen molar-refractivity contribution in [2.75, 3.05) is 0 Å². The van der Waals surface area contributed by atoms with Crippen LogP contribution in [0.5, 0.6) is 0 Å². The zero-order chi connectivity index (χ0) is 13.9. The molecule has 4 heteroatoms. The Bertz CT molecular complexity index is 532. The Balaban J connectivity index is 1.75. The standard InChI is InChI=1S/C16H23N3O/c1-12-5-3-7-15(18-12)16-10-17-11-19(16)13(2)9-14-6-4-8-20-14/h4,6,8,10-13,15,18H,3,5,7,9H2,1-2H3. The fourth-order valence-corrected chi connectivity index (χ4v) is 3.14. The normalized spacial score (nSPS) is 24.7. The lowest BCUT2D eigenvalue weighted by atomic mass is 9.97. The van der Waals surface area contributed by atoms with Crippen LogP contribution in [0.3, 0.4) is 0 Å². The Labute approximate surface area is 120 Å². The monoisotopic (exact) mass is 273 g/mol. The van der Waals surface area contributed by atoms with Crippen LogP contribution in [0.2, 0.25) is 0 Å². The van der Waals surface area contributed by atoms with E-state index in [4.69, 9.17) is 4.42 Å². The molecule has 1 aliphatic rings. The van der Waals surface area contributed by atoms with Gasteiger partial charge in [0.1, 0.15) is 5.76 Å². The average molecular weight is 273 g/mol. The molecule has 0 saturated carbocycles. The highest BCUT2D eigenvalue weighted by atomic mass is 16.3. The molecular formula is C16H23N3O. The third-order valence-electron chi connectivity index (χ3n) is 4.22. The van der Waals surface area contributed by atoms with E-state index in [2.05, 4.69) is 28.7 Å². The fourth-order valence-electron chi connectivity index (χ4n) is 3.14. The Hall–Kier alpha value is -1.55. The molecule has 0 spiro atoms. The van der Waals surface area contributed by atoms with Gasteiger partial charge in [-0.2, -0.15) is 0 Å². The van der Waals surface area contributed by atoms with Crippen molar-refractivity contribution in [2.45, 2.75) is 57.7 Å². The van der Waals surface area contributed by atoms with Crippen molar-refractivity contribution in [1.82, 2.24) is 14.9 Å². The first kappa shape index (κ1) is 13.4. The molecule has 3 heterocycles. The number of imidazole rings is 1. The van der Waals surface area contributed by atoms with Crippen LogP contribution in [0.4, 0.5) is 0 Å². The van der Waals surface area contributed by atoms with Crippen molar-refractivity contribution in [3.05, 3.63) is 42.4 Å². The first-order valence-electron chi connectivity index (χ1n) is 7.54. The van der Waals surface area contributed by atoms with E-state index in [0.29, 0.717) is 18.1 Å². The quantitative estimate of drug-likeness (QED) is 0.927. The maximum absolute atomic E-state index is 5.46. The predicted molar refractivity (Wildman–Crippen MR) is 78.5 cm³/mol. The molecule has 2 aromatic rings. The van der Waals surface area contributed by atoms with Gasteiger partial charge in [-0.1, -0.05) is 0 Å². The minimum absolute atomic E-state index is 0.359. The third kappa shape index (κ3) is 2.80. The van der Waals surface area contributed by atoms with Crippen LogP contribution in [-0.2, 0) is 6.42 Å². The lowest BCUT2D eigenvalue weighted by molar-refractivity contribution is 0.322. The van der Waals surface area contributed by atoms with E-state index < -0.39 is 0 Å². The smallest absolute Gasteiger partial charge is 0.105 e. The largest absolute Gasteiger partial charge is 0.469 e. The summed E-state index contributed by atoms with van der Waals surface area (Å²) in [6, 6.07) is 5.37. The molecule has 3 atom stereocenters. The minimum atomic E-state index is 0.359. The third-order valence-corrected chi connectivity index (χ3v) is 4.22. The van der Waals surface area contributed by atoms with E-state index in [1.54, 1.807) is 6.26 Å². The molecule has 20 heavy (non-hydrogen) atoms. The van der Waals surface area contributed by atoms with Gasteiger partial charge in [-0.05, 0) is 45.2 Å². The number of nitrogens with one attached hydrogen (secondary N) is 1. The van der Waals surface area contributed by atoms with Crippen LogP contribution in [0.1, 0.15) is 56.6 Å². The zero-order valence-electron chi connectivity index (χ0n) is 12.2. The van der Waals surface area contributed by atoms with Crippen LogP contribution in [0.15, 0.2) is 35.3 Å². The lowest BCUT2D eigenvalue weighted by Gasteiger charge is -2.30. The molecule has 3 unspecified atom stereocenters. The summed E-state index contributed by atoms with van der Waals surface area (Å²) in [7, 11) is 0. The molecule has 0 radical (unpaired) electrons. The molecule has 0 aliphatic carbocycles. The van der Waals surface area contributed by atoms with Crippen LogP contribution >= 0.6 is 0 Å². The van der Waals surface area contributed by atoms with Crippen molar-refractivity contribution >= 4 is 0 Å². The SMILES string of the molecule is CC1CCCC(c2cncn2C(C)Cc2ccco2)N1. The molecule has 0 aromatic carbocycles. The predicted octanol–water partition coefficient (Wildman–Crippen LogP) is 3.48. The number of hydrogen-bond acceptors (Lipinski definition) is 3. The zero-order valence-corrected chi connectivity index (χ0v) is 12.2. The summed E-state index contributed by atoms with van der Waals surface area (Å²) in [6.07, 6.45) is 10.4. The van der Waals surface area contributed by atoms with Gasteiger partial charge in [0.05, 0.1) is 18.3 Å². The Morgan fingerprint density at radius 1 is 1.50 bits per heavy atom. The highest BCUT2D eigenvalue weighted by Gasteiger charge is 2.23. The van der Waals surface area contributed by atoms with E-state index in [0.717, 1.165) is 12.2 Å². The molecular weight excluding hydrogens is 250 g/mol. The molecule has 1 N–H and O–H groups in total. The maximum Gasteiger partial charge on any atom is 0.105 e. The van der Waals surface area contributed by atoms with E-state index in [1.165, 1.54) is 25.0 Å². The molecule has 1 fully saturated rings. The first-order valence-corrected chi connectivity index (χ1v) is 7.54. The second-order valence-corrected chi connectivity index (χ2v) is 5.91. The summed E-state index contributed by atoms with van der Waals surface area (Å²) in [6.45, 7) is 4.49. The van der Waals surface area contributed by atoms with E-state index in [9.17, 15) is 0 Å². The maximum atomic E-state index is 5.46. The second kappa shape index (κ2) is 5.83. The molecule has 108 valence electrons. The molecule has 0 bridgehead atoms. The van der Waals surface area contributed by atoms with Crippen molar-refractivity contribution in [2.24, 2.45) is 0 Å². The molecule has 1 aliphatic heterocycles. The van der Waals surface area contributed by atoms with Crippen LogP contribution in [0.25, 0.3) is 0 Å². The summed E-state index contributed by atoms with van der Waals surface area (Å²) in [4.78, 5) is 4.37. The van der Waals surface area contributed by atoms with Gasteiger partial charge in [-0.25, -0.2) is 4.98 Å². The summed E-state index contributed by atoms with van der Waals surface area (Å²) in [5, 5.41) is 3.69. The number of hydrogen-bond donors (Lipinski definition) is 1. The Morgan fingerprint density at radius 2 is 2.40 bits per heavy atom. The number of aromatic nitrogens is 2. The molecule has 3 rings (SSSR count). The van der Waals surface area contributed by atoms with Gasteiger partial charge >= 0.3 is 0 Å². The number of piperidine rings is 1. The summed E-state index contributed by atoms with van der Waals surface area (Å²) < 4.78 is 7.75.